The molecule has 0 unspecified atom stereocenters. The second-order valence-electron chi connectivity index (χ2n) is 4.58. The Labute approximate surface area is 120 Å². The number of hydrogen-bond donors (Lipinski definition) is 3. The van der Waals surface area contributed by atoms with Crippen molar-refractivity contribution >= 4 is 28.5 Å². The summed E-state index contributed by atoms with van der Waals surface area (Å²) in [6, 6.07) is 2.12. The third-order valence-corrected chi connectivity index (χ3v) is 3.37. The van der Waals surface area contributed by atoms with Crippen molar-refractivity contribution in [2.75, 3.05) is 17.7 Å². The molecule has 106 valence electrons. The van der Waals surface area contributed by atoms with E-state index in [1.165, 1.54) is 0 Å². The van der Waals surface area contributed by atoms with Gasteiger partial charge in [0.15, 0.2) is 0 Å². The second kappa shape index (κ2) is 4.79. The molecule has 0 amide bonds. The molecule has 3 rings (SSSR count). The van der Waals surface area contributed by atoms with Gasteiger partial charge in [-0.2, -0.15) is 20.3 Å². The van der Waals surface area contributed by atoms with Crippen molar-refractivity contribution in [1.29, 1.82) is 5.26 Å². The third-order valence-electron chi connectivity index (χ3n) is 3.37. The maximum Gasteiger partial charge on any atom is 0.231 e. The van der Waals surface area contributed by atoms with Crippen molar-refractivity contribution in [3.8, 4) is 6.07 Å². The predicted molar refractivity (Wildman–Crippen MR) is 79.4 cm³/mol. The van der Waals surface area contributed by atoms with Crippen LogP contribution in [0.25, 0.3) is 11.0 Å². The van der Waals surface area contributed by atoms with Crippen molar-refractivity contribution in [3.05, 3.63) is 23.7 Å². The molecule has 0 aliphatic carbocycles. The predicted octanol–water partition coefficient (Wildman–Crippen LogP) is 1.66. The van der Waals surface area contributed by atoms with E-state index < -0.39 is 0 Å². The fourth-order valence-corrected chi connectivity index (χ4v) is 2.10. The number of H-pyrrole nitrogens is 1. The van der Waals surface area contributed by atoms with Crippen LogP contribution in [-0.4, -0.2) is 31.8 Å². The highest BCUT2D eigenvalue weighted by atomic mass is 15.3. The maximum absolute atomic E-state index is 9.11. The average molecular weight is 282 g/mol. The van der Waals surface area contributed by atoms with E-state index in [9.17, 15) is 0 Å². The second-order valence-corrected chi connectivity index (χ2v) is 4.58. The van der Waals surface area contributed by atoms with Crippen LogP contribution in [0.4, 0.5) is 17.5 Å². The van der Waals surface area contributed by atoms with E-state index in [1.54, 1.807) is 24.1 Å². The minimum absolute atomic E-state index is 0.439. The molecule has 0 atom stereocenters. The summed E-state index contributed by atoms with van der Waals surface area (Å²) in [7, 11) is 3.63. The number of nitrogens with zero attached hydrogens (tertiary/aromatic N) is 5. The highest BCUT2D eigenvalue weighted by molar-refractivity contribution is 5.93. The van der Waals surface area contributed by atoms with Gasteiger partial charge in [-0.25, -0.2) is 0 Å². The van der Waals surface area contributed by atoms with E-state index in [-0.39, 0.29) is 0 Å². The summed E-state index contributed by atoms with van der Waals surface area (Å²) in [6.07, 6.45) is 3.34. The number of rotatable bonds is 3. The lowest BCUT2D eigenvalue weighted by atomic mass is 10.2. The van der Waals surface area contributed by atoms with Gasteiger partial charge >= 0.3 is 0 Å². The summed E-state index contributed by atoms with van der Waals surface area (Å²) in [4.78, 5) is 11.8. The van der Waals surface area contributed by atoms with Crippen LogP contribution in [0.1, 0.15) is 11.3 Å². The van der Waals surface area contributed by atoms with Crippen molar-refractivity contribution in [2.24, 2.45) is 7.05 Å². The number of aromatic amines is 1. The standard InChI is InChI=1S/C13H14N8/c1-7-9(6-17-21(7)3)18-13-19-11(15-2)10-8(4-14)5-16-12(10)20-13/h5-6H,1-3H3,(H3,15,16,18,19,20). The number of fused-ring (bicyclic) bond motifs is 1. The molecule has 0 aliphatic heterocycles. The van der Waals surface area contributed by atoms with E-state index in [4.69, 9.17) is 5.26 Å². The molecular formula is C13H14N8. The molecule has 8 heteroatoms. The lowest BCUT2D eigenvalue weighted by molar-refractivity contribution is 0.740. The number of aromatic nitrogens is 5. The number of nitrogens with one attached hydrogen (secondary N) is 3. The number of aryl methyl sites for hydroxylation is 1. The Kier molecular flexibility index (Phi) is 2.95. The first-order valence-electron chi connectivity index (χ1n) is 6.36. The molecule has 0 spiro atoms. The van der Waals surface area contributed by atoms with Gasteiger partial charge in [0, 0.05) is 20.3 Å². The molecule has 21 heavy (non-hydrogen) atoms. The van der Waals surface area contributed by atoms with Crippen molar-refractivity contribution in [1.82, 2.24) is 24.7 Å². The SMILES string of the molecule is CNc1nc(Nc2cnn(C)c2C)nc2[nH]cc(C#N)c12. The Hall–Kier alpha value is -3.08. The third kappa shape index (κ3) is 2.04. The summed E-state index contributed by atoms with van der Waals surface area (Å²) in [5.74, 6) is 1.04. The van der Waals surface area contributed by atoms with Crippen LogP contribution in [0, 0.1) is 18.3 Å². The average Bonchev–Trinajstić information content (AvgIpc) is 3.04. The molecule has 3 heterocycles. The zero-order valence-electron chi connectivity index (χ0n) is 11.9. The summed E-state index contributed by atoms with van der Waals surface area (Å²) < 4.78 is 1.77. The van der Waals surface area contributed by atoms with Gasteiger partial charge in [-0.05, 0) is 6.92 Å². The van der Waals surface area contributed by atoms with E-state index in [2.05, 4.69) is 36.8 Å². The number of nitriles is 1. The Morgan fingerprint density at radius 1 is 1.38 bits per heavy atom. The molecule has 8 nitrogen and oxygen atoms in total. The molecule has 0 saturated heterocycles. The van der Waals surface area contributed by atoms with Gasteiger partial charge in [0.25, 0.3) is 0 Å². The van der Waals surface area contributed by atoms with Gasteiger partial charge in [0.1, 0.15) is 17.5 Å². The summed E-state index contributed by atoms with van der Waals surface area (Å²) in [5.41, 5.74) is 2.94. The molecule has 0 aromatic carbocycles. The lowest BCUT2D eigenvalue weighted by Gasteiger charge is -2.07. The molecule has 0 radical (unpaired) electrons. The fourth-order valence-electron chi connectivity index (χ4n) is 2.10. The van der Waals surface area contributed by atoms with E-state index in [0.29, 0.717) is 28.4 Å². The summed E-state index contributed by atoms with van der Waals surface area (Å²) >= 11 is 0. The maximum atomic E-state index is 9.11. The quantitative estimate of drug-likeness (QED) is 0.674. The van der Waals surface area contributed by atoms with Crippen LogP contribution in [0.15, 0.2) is 12.4 Å². The molecule has 3 aromatic heterocycles. The van der Waals surface area contributed by atoms with Crippen molar-refractivity contribution in [2.45, 2.75) is 6.92 Å². The first-order valence-corrected chi connectivity index (χ1v) is 6.36. The van der Waals surface area contributed by atoms with Crippen LogP contribution in [0.2, 0.25) is 0 Å². The number of anilines is 3. The van der Waals surface area contributed by atoms with Crippen molar-refractivity contribution < 1.29 is 0 Å². The highest BCUT2D eigenvalue weighted by Gasteiger charge is 2.14. The zero-order valence-corrected chi connectivity index (χ0v) is 11.9. The highest BCUT2D eigenvalue weighted by Crippen LogP contribution is 2.26. The van der Waals surface area contributed by atoms with Crippen LogP contribution in [0.5, 0.6) is 0 Å². The number of hydrogen-bond acceptors (Lipinski definition) is 6. The minimum Gasteiger partial charge on any atom is -0.372 e. The van der Waals surface area contributed by atoms with Gasteiger partial charge in [0.2, 0.25) is 5.95 Å². The molecule has 0 bridgehead atoms. The van der Waals surface area contributed by atoms with Crippen molar-refractivity contribution in [3.63, 3.8) is 0 Å². The van der Waals surface area contributed by atoms with Crippen LogP contribution >= 0.6 is 0 Å². The molecule has 0 fully saturated rings. The topological polar surface area (TPSA) is 107 Å². The largest absolute Gasteiger partial charge is 0.372 e. The molecule has 0 aliphatic rings. The monoisotopic (exact) mass is 282 g/mol. The minimum atomic E-state index is 0.439. The van der Waals surface area contributed by atoms with Gasteiger partial charge in [-0.1, -0.05) is 0 Å². The first-order chi connectivity index (χ1) is 10.1. The summed E-state index contributed by atoms with van der Waals surface area (Å²) in [6.45, 7) is 1.95. The molecule has 0 saturated carbocycles. The summed E-state index contributed by atoms with van der Waals surface area (Å²) in [5, 5.41) is 20.1. The van der Waals surface area contributed by atoms with Crippen LogP contribution in [0.3, 0.4) is 0 Å². The van der Waals surface area contributed by atoms with Gasteiger partial charge < -0.3 is 15.6 Å². The molecule has 3 N–H and O–H groups in total. The Morgan fingerprint density at radius 2 is 2.19 bits per heavy atom. The Bertz CT molecular complexity index is 851. The Balaban J connectivity index is 2.08. The molecule has 3 aromatic rings. The lowest BCUT2D eigenvalue weighted by Crippen LogP contribution is -2.03. The van der Waals surface area contributed by atoms with Gasteiger partial charge in [-0.3, -0.25) is 4.68 Å². The van der Waals surface area contributed by atoms with E-state index in [1.807, 2.05) is 14.0 Å². The van der Waals surface area contributed by atoms with E-state index in [0.717, 1.165) is 11.4 Å². The normalized spacial score (nSPS) is 10.6. The van der Waals surface area contributed by atoms with Crippen LogP contribution < -0.4 is 10.6 Å². The zero-order chi connectivity index (χ0) is 15.0. The van der Waals surface area contributed by atoms with Crippen LogP contribution in [-0.2, 0) is 7.05 Å². The molecular weight excluding hydrogens is 268 g/mol. The van der Waals surface area contributed by atoms with E-state index >= 15 is 0 Å². The Morgan fingerprint density at radius 3 is 2.81 bits per heavy atom. The van der Waals surface area contributed by atoms with Gasteiger partial charge in [0.05, 0.1) is 28.5 Å². The van der Waals surface area contributed by atoms with Gasteiger partial charge in [-0.15, -0.1) is 0 Å². The first kappa shape index (κ1) is 12.9. The smallest absolute Gasteiger partial charge is 0.231 e. The fraction of sp³-hybridized carbons (Fsp3) is 0.231.